The number of carbonyl (C=O) groups excluding carboxylic acids is 2. The molecule has 2 aromatic heterocycles. The van der Waals surface area contributed by atoms with Crippen LogP contribution in [0.5, 0.6) is 0 Å². The first-order valence-corrected chi connectivity index (χ1v) is 8.87. The molecule has 1 atom stereocenters. The summed E-state index contributed by atoms with van der Waals surface area (Å²) in [7, 11) is 0. The van der Waals surface area contributed by atoms with E-state index in [1.807, 2.05) is 31.4 Å². The van der Waals surface area contributed by atoms with Crippen molar-refractivity contribution in [2.24, 2.45) is 0 Å². The highest BCUT2D eigenvalue weighted by molar-refractivity contribution is 9.10. The average Bonchev–Trinajstić information content (AvgIpc) is 3.08. The highest BCUT2D eigenvalue weighted by Gasteiger charge is 2.33. The maximum Gasteiger partial charge on any atom is 0.315 e. The van der Waals surface area contributed by atoms with Crippen molar-refractivity contribution in [3.63, 3.8) is 0 Å². The summed E-state index contributed by atoms with van der Waals surface area (Å²) in [6, 6.07) is 3.59. The summed E-state index contributed by atoms with van der Waals surface area (Å²) >= 11 is 3.29. The SMILES string of the molecule is Cc1cc2n(c1C(=O)c1cc(Br)co1)CCCC2C(=O)OC(C)C. The second kappa shape index (κ2) is 6.59. The number of nitrogens with zero attached hydrogens (tertiary/aromatic N) is 1. The summed E-state index contributed by atoms with van der Waals surface area (Å²) in [4.78, 5) is 25.2. The molecule has 0 fully saturated rings. The largest absolute Gasteiger partial charge is 0.462 e. The number of halogens is 1. The zero-order chi connectivity index (χ0) is 17.4. The molecule has 1 aliphatic heterocycles. The number of hydrogen-bond acceptors (Lipinski definition) is 4. The number of ketones is 1. The molecule has 3 rings (SSSR count). The van der Waals surface area contributed by atoms with Crippen LogP contribution in [0.3, 0.4) is 0 Å². The lowest BCUT2D eigenvalue weighted by Gasteiger charge is -2.25. The van der Waals surface area contributed by atoms with Gasteiger partial charge in [-0.15, -0.1) is 0 Å². The molecule has 0 saturated carbocycles. The van der Waals surface area contributed by atoms with Crippen molar-refractivity contribution in [3.05, 3.63) is 45.6 Å². The van der Waals surface area contributed by atoms with Gasteiger partial charge in [-0.3, -0.25) is 9.59 Å². The number of hydrogen-bond donors (Lipinski definition) is 0. The Labute approximate surface area is 149 Å². The molecule has 2 aromatic rings. The van der Waals surface area contributed by atoms with E-state index in [0.29, 0.717) is 5.69 Å². The van der Waals surface area contributed by atoms with E-state index in [1.54, 1.807) is 6.07 Å². The summed E-state index contributed by atoms with van der Waals surface area (Å²) in [5.74, 6) is -0.409. The van der Waals surface area contributed by atoms with E-state index in [9.17, 15) is 9.59 Å². The molecule has 0 aliphatic carbocycles. The molecular formula is C18H20BrNO4. The third-order valence-electron chi connectivity index (χ3n) is 4.19. The maximum atomic E-state index is 12.8. The van der Waals surface area contributed by atoms with Crippen molar-refractivity contribution < 1.29 is 18.7 Å². The van der Waals surface area contributed by atoms with Gasteiger partial charge in [-0.05, 0) is 61.2 Å². The molecule has 3 heterocycles. The Morgan fingerprint density at radius 3 is 2.75 bits per heavy atom. The second-order valence-corrected chi connectivity index (χ2v) is 7.31. The van der Waals surface area contributed by atoms with E-state index >= 15 is 0 Å². The van der Waals surface area contributed by atoms with Gasteiger partial charge in [0.15, 0.2) is 5.76 Å². The van der Waals surface area contributed by atoms with Gasteiger partial charge < -0.3 is 13.7 Å². The smallest absolute Gasteiger partial charge is 0.315 e. The predicted molar refractivity (Wildman–Crippen MR) is 92.2 cm³/mol. The fraction of sp³-hybridized carbons (Fsp3) is 0.444. The van der Waals surface area contributed by atoms with Gasteiger partial charge in [0.1, 0.15) is 6.26 Å². The van der Waals surface area contributed by atoms with Crippen molar-refractivity contribution in [2.45, 2.75) is 52.2 Å². The van der Waals surface area contributed by atoms with Crippen molar-refractivity contribution in [1.82, 2.24) is 4.57 Å². The molecule has 0 radical (unpaired) electrons. The van der Waals surface area contributed by atoms with Crippen LogP contribution in [0.15, 0.2) is 27.3 Å². The van der Waals surface area contributed by atoms with Crippen molar-refractivity contribution >= 4 is 27.7 Å². The van der Waals surface area contributed by atoms with Crippen LogP contribution in [0, 0.1) is 6.92 Å². The highest BCUT2D eigenvalue weighted by Crippen LogP contribution is 2.34. The van der Waals surface area contributed by atoms with Crippen molar-refractivity contribution in [3.8, 4) is 0 Å². The van der Waals surface area contributed by atoms with Gasteiger partial charge in [0, 0.05) is 18.3 Å². The lowest BCUT2D eigenvalue weighted by Crippen LogP contribution is -2.27. The minimum atomic E-state index is -0.315. The van der Waals surface area contributed by atoms with Crippen LogP contribution >= 0.6 is 15.9 Å². The van der Waals surface area contributed by atoms with Gasteiger partial charge in [0.25, 0.3) is 0 Å². The first-order chi connectivity index (χ1) is 11.4. The maximum absolute atomic E-state index is 12.8. The topological polar surface area (TPSA) is 61.4 Å². The number of esters is 1. The second-order valence-electron chi connectivity index (χ2n) is 6.39. The number of carbonyl (C=O) groups is 2. The minimum absolute atomic E-state index is 0.148. The Bertz CT molecular complexity index is 787. The molecule has 0 bridgehead atoms. The molecule has 24 heavy (non-hydrogen) atoms. The molecule has 0 saturated heterocycles. The number of rotatable bonds is 4. The van der Waals surface area contributed by atoms with Gasteiger partial charge in [0.05, 0.1) is 22.2 Å². The molecule has 1 aliphatic rings. The van der Waals surface area contributed by atoms with E-state index in [4.69, 9.17) is 9.15 Å². The lowest BCUT2D eigenvalue weighted by molar-refractivity contribution is -0.149. The Kier molecular flexibility index (Phi) is 4.67. The number of furan rings is 1. The van der Waals surface area contributed by atoms with E-state index in [1.165, 1.54) is 6.26 Å². The summed E-state index contributed by atoms with van der Waals surface area (Å²) in [5, 5.41) is 0. The number of fused-ring (bicyclic) bond motifs is 1. The van der Waals surface area contributed by atoms with Gasteiger partial charge >= 0.3 is 5.97 Å². The Morgan fingerprint density at radius 1 is 1.38 bits per heavy atom. The normalized spacial score (nSPS) is 17.0. The quantitative estimate of drug-likeness (QED) is 0.576. The summed E-state index contributed by atoms with van der Waals surface area (Å²) in [6.07, 6.45) is 2.92. The number of ether oxygens (including phenoxy) is 1. The number of aromatic nitrogens is 1. The van der Waals surface area contributed by atoms with Crippen molar-refractivity contribution in [1.29, 1.82) is 0 Å². The Morgan fingerprint density at radius 2 is 2.12 bits per heavy atom. The Hall–Kier alpha value is -1.82. The highest BCUT2D eigenvalue weighted by atomic mass is 79.9. The van der Waals surface area contributed by atoms with Gasteiger partial charge in [-0.1, -0.05) is 0 Å². The molecule has 0 aromatic carbocycles. The van der Waals surface area contributed by atoms with Crippen LogP contribution in [0.1, 0.15) is 60.1 Å². The van der Waals surface area contributed by atoms with Crippen LogP contribution < -0.4 is 0 Å². The third-order valence-corrected chi connectivity index (χ3v) is 4.61. The molecule has 5 nitrogen and oxygen atoms in total. The zero-order valence-corrected chi connectivity index (χ0v) is 15.6. The fourth-order valence-corrected chi connectivity index (χ4v) is 3.55. The van der Waals surface area contributed by atoms with E-state index in [-0.39, 0.29) is 29.5 Å². The summed E-state index contributed by atoms with van der Waals surface area (Å²) < 4.78 is 13.4. The standard InChI is InChI=1S/C18H20BrNO4/c1-10(2)24-18(22)13-5-4-6-20-14(13)7-11(3)16(20)17(21)15-8-12(19)9-23-15/h7-10,13H,4-6H2,1-3H3. The lowest BCUT2D eigenvalue weighted by atomic mass is 9.96. The molecule has 6 heteroatoms. The molecule has 0 spiro atoms. The van der Waals surface area contributed by atoms with Gasteiger partial charge in [0.2, 0.25) is 5.78 Å². The van der Waals surface area contributed by atoms with Crippen LogP contribution in [0.25, 0.3) is 0 Å². The van der Waals surface area contributed by atoms with E-state index in [0.717, 1.165) is 35.1 Å². The fourth-order valence-electron chi connectivity index (χ4n) is 3.24. The van der Waals surface area contributed by atoms with Crippen LogP contribution in [0.2, 0.25) is 0 Å². The first kappa shape index (κ1) is 17.0. The first-order valence-electron chi connectivity index (χ1n) is 8.07. The molecule has 1 unspecified atom stereocenters. The average molecular weight is 394 g/mol. The predicted octanol–water partition coefficient (Wildman–Crippen LogP) is 4.21. The summed E-state index contributed by atoms with van der Waals surface area (Å²) in [6.45, 7) is 6.29. The number of aryl methyl sites for hydroxylation is 1. The van der Waals surface area contributed by atoms with Crippen molar-refractivity contribution in [2.75, 3.05) is 0 Å². The molecule has 128 valence electrons. The van der Waals surface area contributed by atoms with Gasteiger partial charge in [-0.2, -0.15) is 0 Å². The monoisotopic (exact) mass is 393 g/mol. The molecule has 0 amide bonds. The van der Waals surface area contributed by atoms with Crippen LogP contribution in [0.4, 0.5) is 0 Å². The molecule has 0 N–H and O–H groups in total. The third kappa shape index (κ3) is 3.07. The minimum Gasteiger partial charge on any atom is -0.462 e. The van der Waals surface area contributed by atoms with Gasteiger partial charge in [-0.25, -0.2) is 0 Å². The van der Waals surface area contributed by atoms with Crippen LogP contribution in [-0.2, 0) is 16.1 Å². The summed E-state index contributed by atoms with van der Waals surface area (Å²) in [5.41, 5.74) is 2.30. The Balaban J connectivity index is 1.98. The molecular weight excluding hydrogens is 374 g/mol. The zero-order valence-electron chi connectivity index (χ0n) is 14.0. The van der Waals surface area contributed by atoms with E-state index < -0.39 is 0 Å². The van der Waals surface area contributed by atoms with Crippen LogP contribution in [-0.4, -0.2) is 22.4 Å². The van der Waals surface area contributed by atoms with E-state index in [2.05, 4.69) is 15.9 Å².